The summed E-state index contributed by atoms with van der Waals surface area (Å²) < 4.78 is 46.1. The van der Waals surface area contributed by atoms with Crippen LogP contribution in [0.5, 0.6) is 5.75 Å². The highest BCUT2D eigenvalue weighted by Crippen LogP contribution is 2.38. The van der Waals surface area contributed by atoms with Crippen LogP contribution in [0.1, 0.15) is 43.0 Å². The summed E-state index contributed by atoms with van der Waals surface area (Å²) in [5.74, 6) is -0.147. The molecule has 0 radical (unpaired) electrons. The summed E-state index contributed by atoms with van der Waals surface area (Å²) in [4.78, 5) is 3.45. The van der Waals surface area contributed by atoms with Gasteiger partial charge in [-0.3, -0.25) is 4.57 Å². The van der Waals surface area contributed by atoms with Crippen LogP contribution in [0.15, 0.2) is 30.6 Å². The van der Waals surface area contributed by atoms with Gasteiger partial charge in [-0.1, -0.05) is 0 Å². The monoisotopic (exact) mass is 397 g/mol. The van der Waals surface area contributed by atoms with Gasteiger partial charge in [0.05, 0.1) is 13.7 Å². The first kappa shape index (κ1) is 20.7. The highest BCUT2D eigenvalue weighted by molar-refractivity contribution is 5.47. The Morgan fingerprint density at radius 3 is 2.75 bits per heavy atom. The third-order valence-electron chi connectivity index (χ3n) is 5.61. The van der Waals surface area contributed by atoms with Crippen molar-refractivity contribution in [2.45, 2.75) is 43.8 Å². The molecule has 1 saturated carbocycles. The Hall–Kier alpha value is -2.06. The third-order valence-corrected chi connectivity index (χ3v) is 5.61. The second-order valence-electron chi connectivity index (χ2n) is 7.32. The largest absolute Gasteiger partial charge is 0.496 e. The first-order valence-corrected chi connectivity index (χ1v) is 9.44. The summed E-state index contributed by atoms with van der Waals surface area (Å²) in [6.45, 7) is -0.0867. The van der Waals surface area contributed by atoms with Crippen molar-refractivity contribution >= 4 is 0 Å². The fourth-order valence-electron chi connectivity index (χ4n) is 4.17. The highest BCUT2D eigenvalue weighted by atomic mass is 19.4. The van der Waals surface area contributed by atoms with Gasteiger partial charge in [-0.25, -0.2) is 4.98 Å². The molecule has 0 spiro atoms. The van der Waals surface area contributed by atoms with Gasteiger partial charge in [0.1, 0.15) is 5.75 Å². The summed E-state index contributed by atoms with van der Waals surface area (Å²) in [5, 5.41) is 13.3. The molecule has 2 N–H and O–H groups in total. The van der Waals surface area contributed by atoms with Gasteiger partial charge < -0.3 is 15.2 Å². The Kier molecular flexibility index (Phi) is 6.30. The molecular formula is C20H26F3N3O2. The highest BCUT2D eigenvalue weighted by Gasteiger charge is 2.36. The number of nitrogens with one attached hydrogen (secondary N) is 1. The zero-order chi connectivity index (χ0) is 20.3. The Morgan fingerprint density at radius 2 is 2.14 bits per heavy atom. The minimum Gasteiger partial charge on any atom is -0.496 e. The molecule has 1 aliphatic rings. The molecule has 8 heteroatoms. The quantitative estimate of drug-likeness (QED) is 0.747. The molecule has 28 heavy (non-hydrogen) atoms. The molecule has 0 amide bonds. The van der Waals surface area contributed by atoms with Crippen LogP contribution in [-0.2, 0) is 6.18 Å². The molecule has 5 nitrogen and oxygen atoms in total. The molecule has 3 rings (SSSR count). The molecule has 0 bridgehead atoms. The number of hydrogen-bond acceptors (Lipinski definition) is 4. The van der Waals surface area contributed by atoms with Gasteiger partial charge in [-0.05, 0) is 56.8 Å². The SMILES string of the molecule is CN[C@H]1CC[C@@H](C[C@H](CO)c2cc(-n3ccnc3C(F)(F)F)ccc2OC)C1. The Balaban J connectivity index is 1.91. The van der Waals surface area contributed by atoms with E-state index in [0.29, 0.717) is 23.4 Å². The maximum absolute atomic E-state index is 13.2. The molecular weight excluding hydrogens is 371 g/mol. The van der Waals surface area contributed by atoms with Crippen LogP contribution in [0.25, 0.3) is 5.69 Å². The van der Waals surface area contributed by atoms with Crippen LogP contribution in [-0.4, -0.2) is 41.5 Å². The first-order valence-electron chi connectivity index (χ1n) is 9.44. The summed E-state index contributed by atoms with van der Waals surface area (Å²) in [6, 6.07) is 5.37. The Labute approximate surface area is 162 Å². The molecule has 2 aromatic rings. The van der Waals surface area contributed by atoms with E-state index < -0.39 is 12.0 Å². The van der Waals surface area contributed by atoms with E-state index in [1.807, 2.05) is 7.05 Å². The van der Waals surface area contributed by atoms with Crippen LogP contribution in [0.2, 0.25) is 0 Å². The molecule has 0 saturated heterocycles. The molecule has 1 aliphatic carbocycles. The van der Waals surface area contributed by atoms with Crippen LogP contribution in [0.4, 0.5) is 13.2 Å². The van der Waals surface area contributed by atoms with E-state index in [2.05, 4.69) is 10.3 Å². The number of ether oxygens (including phenoxy) is 1. The maximum Gasteiger partial charge on any atom is 0.450 e. The molecule has 0 aliphatic heterocycles. The molecule has 154 valence electrons. The number of methoxy groups -OCH3 is 1. The lowest BCUT2D eigenvalue weighted by Crippen LogP contribution is -2.21. The number of benzene rings is 1. The van der Waals surface area contributed by atoms with Crippen LogP contribution >= 0.6 is 0 Å². The average Bonchev–Trinajstić information content (AvgIpc) is 3.34. The molecule has 0 unspecified atom stereocenters. The van der Waals surface area contributed by atoms with Crippen LogP contribution in [0, 0.1) is 5.92 Å². The van der Waals surface area contributed by atoms with Crippen molar-refractivity contribution in [1.29, 1.82) is 0 Å². The molecule has 1 aromatic carbocycles. The van der Waals surface area contributed by atoms with Crippen molar-refractivity contribution in [3.05, 3.63) is 42.0 Å². The standard InChI is InChI=1S/C20H26F3N3O2/c1-24-15-4-3-13(10-15)9-14(12-27)17-11-16(5-6-18(17)28-2)26-8-7-25-19(26)20(21,22)23/h5-8,11,13-15,24,27H,3-4,9-10,12H2,1-2H3/t13-,14+,15-/m0/s1. The van der Waals surface area contributed by atoms with Crippen molar-refractivity contribution in [3.63, 3.8) is 0 Å². The molecule has 1 aromatic heterocycles. The van der Waals surface area contributed by atoms with Crippen molar-refractivity contribution < 1.29 is 23.0 Å². The summed E-state index contributed by atoms with van der Waals surface area (Å²) in [6.07, 6.45) is 1.85. The molecule has 3 atom stereocenters. The normalized spacial score (nSPS) is 21.1. The maximum atomic E-state index is 13.2. The number of aliphatic hydroxyl groups excluding tert-OH is 1. The van der Waals surface area contributed by atoms with Gasteiger partial charge in [0.25, 0.3) is 0 Å². The van der Waals surface area contributed by atoms with Gasteiger partial charge in [0.2, 0.25) is 5.82 Å². The van der Waals surface area contributed by atoms with E-state index in [0.717, 1.165) is 42.0 Å². The predicted molar refractivity (Wildman–Crippen MR) is 99.8 cm³/mol. The second-order valence-corrected chi connectivity index (χ2v) is 7.32. The van der Waals surface area contributed by atoms with Gasteiger partial charge in [0.15, 0.2) is 0 Å². The van der Waals surface area contributed by atoms with Crippen molar-refractivity contribution in [1.82, 2.24) is 14.9 Å². The van der Waals surface area contributed by atoms with Crippen molar-refractivity contribution in [3.8, 4) is 11.4 Å². The van der Waals surface area contributed by atoms with E-state index in [1.165, 1.54) is 13.3 Å². The summed E-state index contributed by atoms with van der Waals surface area (Å²) >= 11 is 0. The van der Waals surface area contributed by atoms with Gasteiger partial charge in [-0.15, -0.1) is 0 Å². The average molecular weight is 397 g/mol. The van der Waals surface area contributed by atoms with E-state index in [-0.39, 0.29) is 12.5 Å². The van der Waals surface area contributed by atoms with E-state index in [4.69, 9.17) is 4.74 Å². The van der Waals surface area contributed by atoms with Crippen molar-refractivity contribution in [2.24, 2.45) is 5.92 Å². The van der Waals surface area contributed by atoms with Gasteiger partial charge in [0, 0.05) is 35.6 Å². The zero-order valence-corrected chi connectivity index (χ0v) is 16.0. The molecule has 1 fully saturated rings. The Bertz CT molecular complexity index is 791. The van der Waals surface area contributed by atoms with E-state index in [1.54, 1.807) is 18.2 Å². The van der Waals surface area contributed by atoms with Gasteiger partial charge >= 0.3 is 6.18 Å². The minimum absolute atomic E-state index is 0.0867. The topological polar surface area (TPSA) is 59.3 Å². The lowest BCUT2D eigenvalue weighted by molar-refractivity contribution is -0.145. The fourth-order valence-corrected chi connectivity index (χ4v) is 4.17. The number of hydrogen-bond donors (Lipinski definition) is 2. The fraction of sp³-hybridized carbons (Fsp3) is 0.550. The number of aliphatic hydroxyl groups is 1. The minimum atomic E-state index is -4.55. The smallest absolute Gasteiger partial charge is 0.450 e. The van der Waals surface area contributed by atoms with Crippen LogP contribution < -0.4 is 10.1 Å². The van der Waals surface area contributed by atoms with Gasteiger partial charge in [-0.2, -0.15) is 13.2 Å². The second kappa shape index (κ2) is 8.53. The van der Waals surface area contributed by atoms with Crippen molar-refractivity contribution in [2.75, 3.05) is 20.8 Å². The Morgan fingerprint density at radius 1 is 1.36 bits per heavy atom. The number of aromatic nitrogens is 2. The number of imidazole rings is 1. The number of halogens is 3. The first-order chi connectivity index (χ1) is 13.4. The number of rotatable bonds is 7. The predicted octanol–water partition coefficient (Wildman–Crippen LogP) is 3.75. The van der Waals surface area contributed by atoms with E-state index >= 15 is 0 Å². The van der Waals surface area contributed by atoms with E-state index in [9.17, 15) is 18.3 Å². The summed E-state index contributed by atoms with van der Waals surface area (Å²) in [5.41, 5.74) is 1.07. The summed E-state index contributed by atoms with van der Waals surface area (Å²) in [7, 11) is 3.48. The lowest BCUT2D eigenvalue weighted by atomic mass is 9.87. The third kappa shape index (κ3) is 4.33. The number of alkyl halides is 3. The zero-order valence-electron chi connectivity index (χ0n) is 16.0. The molecule has 1 heterocycles. The number of nitrogens with zero attached hydrogens (tertiary/aromatic N) is 2. The van der Waals surface area contributed by atoms with Crippen LogP contribution in [0.3, 0.4) is 0 Å². The lowest BCUT2D eigenvalue weighted by Gasteiger charge is -2.22.